The minimum atomic E-state index is -1.37. The van der Waals surface area contributed by atoms with Gasteiger partial charge in [0.25, 0.3) is 0 Å². The Morgan fingerprint density at radius 2 is 0.580 bits per heavy atom. The van der Waals surface area contributed by atoms with E-state index in [0.717, 1.165) is 76.2 Å². The molecule has 0 saturated carbocycles. The van der Waals surface area contributed by atoms with Crippen molar-refractivity contribution in [2.45, 2.75) is 317 Å². The molecule has 0 spiro atoms. The molecule has 6 N–H and O–H groups in total. The third kappa shape index (κ3) is 43.1. The van der Waals surface area contributed by atoms with Crippen molar-refractivity contribution < 1.29 is 201 Å². The molecule has 4 amide bonds. The molecule has 4 fully saturated rings. The minimum absolute atomic E-state index is 0.00723. The molecule has 4 aliphatic rings. The number of amides is 4. The highest BCUT2D eigenvalue weighted by Crippen LogP contribution is 2.34. The number of aliphatic carboxylic acids is 1. The molecule has 22 atom stereocenters. The van der Waals surface area contributed by atoms with E-state index in [1.807, 2.05) is 4.90 Å². The third-order valence-corrected chi connectivity index (χ3v) is 22.0. The number of carboxylic acid groups (broad SMARTS) is 1. The monoisotopic (exact) mass is 2140 g/mol. The summed E-state index contributed by atoms with van der Waals surface area (Å²) in [7, 11) is 0. The lowest BCUT2D eigenvalue weighted by Crippen LogP contribution is -2.66. The first-order chi connectivity index (χ1) is 71.3. The molecule has 0 bridgehead atoms. The van der Waals surface area contributed by atoms with Crippen LogP contribution in [0.4, 0.5) is 0 Å². The van der Waals surface area contributed by atoms with Crippen molar-refractivity contribution in [3.63, 3.8) is 0 Å². The predicted octanol–water partition coefficient (Wildman–Crippen LogP) is -4.07. The van der Waals surface area contributed by atoms with Gasteiger partial charge in [-0.2, -0.15) is 0 Å². The summed E-state index contributed by atoms with van der Waals surface area (Å²) in [5.41, 5.74) is 1.62. The van der Waals surface area contributed by atoms with E-state index in [4.69, 9.17) is 114 Å². The molecule has 4 aliphatic heterocycles. The highest BCUT2D eigenvalue weighted by Gasteiger charge is 2.56. The number of carbonyl (C=O) groups is 16. The number of rotatable bonds is 64. The van der Waals surface area contributed by atoms with Gasteiger partial charge >= 0.3 is 71.6 Å². The maximum Gasteiger partial charge on any atom is 0.320 e. The molecule has 150 heavy (non-hydrogen) atoms. The van der Waals surface area contributed by atoms with E-state index in [2.05, 4.69) is 62.5 Å². The molecule has 60 nitrogen and oxygen atoms in total. The van der Waals surface area contributed by atoms with Gasteiger partial charge in [-0.15, -0.1) is 20.4 Å². The standard InChI is InChI=1S/C90H136N18O42/c1-49(109)91-74-82(143-61(13)121)78(139-57(9)117)70(45-135-53(5)113)147-87(74)131-33-29-127-25-21-105-41-65(95-99-105)37-103(38-66-42-106(100-96-66)22-26-128-30-34-132-88-75(92-50(2)110)83(144-62(14)122)79(140-58(10)118)71(148-88)46-136-54(6)114)20-18-17-19-69(86(125)126)104(39-67-43-107(101-97-67)23-27-129-31-35-133-89-76(93-51(3)111)84(145-63(15)123)80(141-59(11)119)72(149-89)47-137-55(7)115)40-68-44-108(102-98-68)24-28-130-32-36-134-90-77(94-52(4)112)85(146-64(16)124)81(142-60(12)120)73(150-90)48-138-56(8)116/h41-44,53,69-85,87-90,113H,17-40,45-48H2,1-16H3,(H,91,109)(H,92,110)(H,93,111)(H,94,112)(H,125,126). The quantitative estimate of drug-likeness (QED) is 0.0106. The van der Waals surface area contributed by atoms with E-state index < -0.39 is 250 Å². The molecule has 22 unspecified atom stereocenters. The van der Waals surface area contributed by atoms with E-state index in [0.29, 0.717) is 42.2 Å². The van der Waals surface area contributed by atoms with Crippen LogP contribution in [0.15, 0.2) is 24.8 Å². The van der Waals surface area contributed by atoms with Crippen LogP contribution in [0.1, 0.15) is 153 Å². The fourth-order valence-corrected chi connectivity index (χ4v) is 16.3. The Labute approximate surface area is 860 Å². The Morgan fingerprint density at radius 3 is 0.813 bits per heavy atom. The number of esters is 11. The number of unbranched alkanes of at least 4 members (excludes halogenated alkanes) is 1. The number of aliphatic hydroxyl groups is 1. The van der Waals surface area contributed by atoms with E-state index in [1.54, 1.807) is 34.4 Å². The van der Waals surface area contributed by atoms with Crippen LogP contribution in [-0.4, -0.2) is 422 Å². The summed E-state index contributed by atoms with van der Waals surface area (Å²) >= 11 is 0. The van der Waals surface area contributed by atoms with E-state index in [1.165, 1.54) is 48.7 Å². The van der Waals surface area contributed by atoms with Crippen LogP contribution in [0.3, 0.4) is 0 Å². The SMILES string of the molecule is CC(=O)NC1C(OCCOCCn2cc(CN(CCCCC(C(=O)O)N(Cc3cn(CCOCCOC4OC(COC(C)=O)C(OC(C)=O)C(OC(C)=O)C4NC(C)=O)nn3)Cc3cn(CCOCCOC4OC(COC(C)=O)C(OC(C)=O)C(OC(C)=O)C4NC(C)=O)nn3)Cc3cn(CCOCCOC4OC(COC(C)O)C(OC(C)=O)C(OC(C)=O)C4NC(C)=O)nn3)nn2)OC(COC(C)=O)C(OC(C)=O)C1OC(C)=O. The van der Waals surface area contributed by atoms with Gasteiger partial charge in [-0.25, -0.2) is 18.7 Å². The van der Waals surface area contributed by atoms with Crippen LogP contribution in [0.2, 0.25) is 0 Å². The van der Waals surface area contributed by atoms with Crippen molar-refractivity contribution in [2.75, 3.05) is 112 Å². The van der Waals surface area contributed by atoms with Crippen LogP contribution >= 0.6 is 0 Å². The first-order valence-electron chi connectivity index (χ1n) is 48.2. The summed E-state index contributed by atoms with van der Waals surface area (Å²) in [4.78, 5) is 203. The zero-order chi connectivity index (χ0) is 110. The van der Waals surface area contributed by atoms with Crippen molar-refractivity contribution in [1.29, 1.82) is 0 Å². The van der Waals surface area contributed by atoms with Gasteiger partial charge in [0, 0.05) is 155 Å². The Bertz CT molecular complexity index is 4880. The summed E-state index contributed by atoms with van der Waals surface area (Å²) in [6.07, 6.45) is -15.0. The molecule has 4 saturated heterocycles. The first kappa shape index (κ1) is 123. The summed E-state index contributed by atoms with van der Waals surface area (Å²) in [5.74, 6) is -11.9. The summed E-state index contributed by atoms with van der Waals surface area (Å²) in [6, 6.07) is -6.13. The van der Waals surface area contributed by atoms with Gasteiger partial charge in [0.15, 0.2) is 80.3 Å². The van der Waals surface area contributed by atoms with E-state index in [-0.39, 0.29) is 145 Å². The average Bonchev–Trinajstić information content (AvgIpc) is 0.909. The van der Waals surface area contributed by atoms with Crippen molar-refractivity contribution in [2.24, 2.45) is 0 Å². The molecular formula is C90H136N18O42. The normalized spacial score (nSPS) is 24.0. The third-order valence-electron chi connectivity index (χ3n) is 22.0. The van der Waals surface area contributed by atoms with E-state index in [9.17, 15) is 86.9 Å². The fraction of sp³-hybridized carbons (Fsp3) is 0.733. The Hall–Kier alpha value is -12.6. The summed E-state index contributed by atoms with van der Waals surface area (Å²) in [6.45, 7) is 16.9. The number of hydrogen-bond acceptors (Lipinski definition) is 51. The number of aliphatic hydroxyl groups excluding tert-OH is 1. The summed E-state index contributed by atoms with van der Waals surface area (Å²) < 4.78 is 144. The molecule has 0 radical (unpaired) electrons. The topological polar surface area (TPSA) is 713 Å². The van der Waals surface area contributed by atoms with Gasteiger partial charge in [-0.3, -0.25) is 86.5 Å². The van der Waals surface area contributed by atoms with Crippen LogP contribution in [0.5, 0.6) is 0 Å². The number of ether oxygens (including phenoxy) is 24. The first-order valence-corrected chi connectivity index (χ1v) is 48.2. The fourth-order valence-electron chi connectivity index (χ4n) is 16.3. The molecular weight excluding hydrogens is 2010 g/mol. The van der Waals surface area contributed by atoms with Crippen LogP contribution in [0.25, 0.3) is 0 Å². The molecule has 0 aromatic carbocycles. The zero-order valence-corrected chi connectivity index (χ0v) is 86.3. The lowest BCUT2D eigenvalue weighted by Gasteiger charge is -2.45. The van der Waals surface area contributed by atoms with Crippen LogP contribution in [0, 0.1) is 0 Å². The maximum absolute atomic E-state index is 13.9. The lowest BCUT2D eigenvalue weighted by atomic mass is 9.96. The van der Waals surface area contributed by atoms with E-state index >= 15 is 0 Å². The second-order valence-corrected chi connectivity index (χ2v) is 34.8. The summed E-state index contributed by atoms with van der Waals surface area (Å²) in [5, 5.41) is 66.9. The molecule has 0 aliphatic carbocycles. The highest BCUT2D eigenvalue weighted by molar-refractivity contribution is 5.77. The molecule has 4 aromatic heterocycles. The molecule has 8 heterocycles. The average molecular weight is 2140 g/mol. The van der Waals surface area contributed by atoms with Crippen LogP contribution in [-0.2, 0) is 243 Å². The van der Waals surface area contributed by atoms with Crippen molar-refractivity contribution in [3.8, 4) is 0 Å². The zero-order valence-electron chi connectivity index (χ0n) is 86.3. The number of carbonyl (C=O) groups excluding carboxylic acids is 15. The molecule has 8 rings (SSSR count). The lowest BCUT2D eigenvalue weighted by molar-refractivity contribution is -0.285. The Morgan fingerprint density at radius 1 is 0.333 bits per heavy atom. The maximum atomic E-state index is 13.9. The van der Waals surface area contributed by atoms with Gasteiger partial charge < -0.3 is 145 Å². The minimum Gasteiger partial charge on any atom is -0.480 e. The van der Waals surface area contributed by atoms with Gasteiger partial charge in [0.2, 0.25) is 23.6 Å². The van der Waals surface area contributed by atoms with Gasteiger partial charge in [0.1, 0.15) is 74.4 Å². The van der Waals surface area contributed by atoms with Crippen LogP contribution < -0.4 is 21.3 Å². The van der Waals surface area contributed by atoms with Crippen molar-refractivity contribution in [3.05, 3.63) is 47.6 Å². The largest absolute Gasteiger partial charge is 0.480 e. The Balaban J connectivity index is 0.979. The molecule has 60 heteroatoms. The second kappa shape index (κ2) is 62.9. The number of carboxylic acids is 1. The Kier molecular flexibility index (Phi) is 51.4. The number of aromatic nitrogens is 12. The van der Waals surface area contributed by atoms with Crippen molar-refractivity contribution in [1.82, 2.24) is 91.0 Å². The molecule has 4 aromatic rings. The van der Waals surface area contributed by atoms with Gasteiger partial charge in [-0.05, 0) is 26.3 Å². The highest BCUT2D eigenvalue weighted by atomic mass is 16.8. The molecule has 838 valence electrons. The number of nitrogens with zero attached hydrogens (tertiary/aromatic N) is 14. The number of hydrogen-bond donors (Lipinski definition) is 6. The number of nitrogens with one attached hydrogen (secondary N) is 4. The van der Waals surface area contributed by atoms with Gasteiger partial charge in [-0.1, -0.05) is 27.3 Å². The predicted molar refractivity (Wildman–Crippen MR) is 493 cm³/mol. The smallest absolute Gasteiger partial charge is 0.320 e. The second-order valence-electron chi connectivity index (χ2n) is 34.8. The van der Waals surface area contributed by atoms with Gasteiger partial charge in [0.05, 0.1) is 135 Å². The van der Waals surface area contributed by atoms with Crippen molar-refractivity contribution >= 4 is 95.3 Å².